The van der Waals surface area contributed by atoms with Gasteiger partial charge < -0.3 is 18.9 Å². The topological polar surface area (TPSA) is 65.9 Å². The van der Waals surface area contributed by atoms with E-state index in [0.29, 0.717) is 5.56 Å². The Balaban J connectivity index is 1.04. The summed E-state index contributed by atoms with van der Waals surface area (Å²) in [5, 5.41) is 15.0. The molecule has 2 aliphatic heterocycles. The first-order valence-corrected chi connectivity index (χ1v) is 38.8. The molecule has 0 radical (unpaired) electrons. The van der Waals surface area contributed by atoms with Crippen LogP contribution in [0.25, 0.3) is 99.6 Å². The Morgan fingerprint density at radius 1 is 0.303 bits per heavy atom. The van der Waals surface area contributed by atoms with Crippen molar-refractivity contribution >= 4 is 101 Å². The van der Waals surface area contributed by atoms with Crippen molar-refractivity contribution in [1.82, 2.24) is 19.1 Å². The molecule has 109 heavy (non-hydrogen) atoms. The number of para-hydroxylation sites is 3. The normalized spacial score (nSPS) is 13.3. The monoisotopic (exact) mass is 1420 g/mol. The van der Waals surface area contributed by atoms with Gasteiger partial charge in [0.25, 0.3) is 6.71 Å². The van der Waals surface area contributed by atoms with E-state index < -0.39 is 0 Å². The summed E-state index contributed by atoms with van der Waals surface area (Å²) in [6.07, 6.45) is 0. The number of hydrogen-bond acceptors (Lipinski definition) is 5. The molecule has 0 aliphatic carbocycles. The van der Waals surface area contributed by atoms with E-state index in [2.05, 4.69) is 398 Å². The summed E-state index contributed by atoms with van der Waals surface area (Å²) in [7, 11) is 0. The highest BCUT2D eigenvalue weighted by Crippen LogP contribution is 2.54. The number of aromatic nitrogens is 4. The van der Waals surface area contributed by atoms with Crippen LogP contribution in [0.4, 0.5) is 34.1 Å². The molecule has 15 aromatic rings. The fourth-order valence-electron chi connectivity index (χ4n) is 16.9. The number of benzene rings is 11. The second-order valence-corrected chi connectivity index (χ2v) is 36.7. The summed E-state index contributed by atoms with van der Waals surface area (Å²) in [6.45, 7) is 41.2. The van der Waals surface area contributed by atoms with Gasteiger partial charge in [-0.2, -0.15) is 5.26 Å². The zero-order valence-corrected chi connectivity index (χ0v) is 66.5. The summed E-state index contributed by atoms with van der Waals surface area (Å²) in [5.74, 6) is 0. The van der Waals surface area contributed by atoms with E-state index in [0.717, 1.165) is 140 Å². The van der Waals surface area contributed by atoms with Gasteiger partial charge in [0.05, 0.1) is 50.8 Å². The van der Waals surface area contributed by atoms with Gasteiger partial charge in [-0.25, -0.2) is 0 Å². The van der Waals surface area contributed by atoms with E-state index >= 15 is 0 Å². The number of rotatable bonds is 8. The lowest BCUT2D eigenvalue weighted by molar-refractivity contribution is 0.531. The highest BCUT2D eigenvalue weighted by molar-refractivity contribution is 7.00. The molecule has 0 atom stereocenters. The number of nitriles is 1. The van der Waals surface area contributed by atoms with E-state index in [1.807, 2.05) is 6.07 Å². The zero-order valence-electron chi connectivity index (χ0n) is 66.5. The van der Waals surface area contributed by atoms with Crippen molar-refractivity contribution in [1.29, 1.82) is 5.26 Å². The highest BCUT2D eigenvalue weighted by atomic mass is 15.2. The lowest BCUT2D eigenvalue weighted by Crippen LogP contribution is -2.61. The molecule has 6 heterocycles. The predicted octanol–water partition coefficient (Wildman–Crippen LogP) is 25.1. The molecule has 0 bridgehead atoms. The predicted molar refractivity (Wildman–Crippen MR) is 463 cm³/mol. The van der Waals surface area contributed by atoms with Crippen molar-refractivity contribution < 1.29 is 0 Å². The maximum Gasteiger partial charge on any atom is 0.252 e. The van der Waals surface area contributed by atoms with Gasteiger partial charge in [0.15, 0.2) is 0 Å². The van der Waals surface area contributed by atoms with E-state index in [9.17, 15) is 5.26 Å². The van der Waals surface area contributed by atoms with Crippen molar-refractivity contribution in [2.45, 2.75) is 157 Å². The minimum absolute atomic E-state index is 0.0733. The molecule has 0 fully saturated rings. The van der Waals surface area contributed by atoms with Gasteiger partial charge in [0.1, 0.15) is 0 Å². The second kappa shape index (κ2) is 25.3. The number of pyridine rings is 2. The quantitative estimate of drug-likeness (QED) is 0.142. The number of nitrogens with zero attached hydrogens (tertiary/aromatic N) is 7. The van der Waals surface area contributed by atoms with Crippen LogP contribution in [0.2, 0.25) is 0 Å². The Morgan fingerprint density at radius 3 is 1.19 bits per heavy atom. The van der Waals surface area contributed by atoms with E-state index in [1.165, 1.54) is 43.9 Å². The standard InChI is InChI=1S/C101H96BN7/c1-96(2,3)66-43-50-84-77(55-66)78-56-67(97(4,5)6)44-51-85(78)107(84)70-46-48-79-88(60-70)108(94-71(63-30-21-19-22-31-63)35-27-37-73(94)65-53-90(99(10,11)12)105-91(54-65)100(13,14)15)86-40-29-41-87-93(86)102(79)80-47-45-69(106-82-39-26-25-34-74(82)76-52-62(61-103)42-49-83(76)106)59-89(80)109(87)95-72(64-32-23-20-24-33-64)36-28-38-75(95)81-57-68(98(7,8)9)58-92(104-81)101(16,17)18/h19-60H,1-18H3. The molecule has 0 saturated carbocycles. The van der Waals surface area contributed by atoms with Crippen LogP contribution in [-0.2, 0) is 32.5 Å². The molecule has 538 valence electrons. The van der Waals surface area contributed by atoms with Crippen LogP contribution in [0.15, 0.2) is 255 Å². The molecule has 11 aromatic carbocycles. The lowest BCUT2D eigenvalue weighted by atomic mass is 9.33. The molecule has 0 saturated heterocycles. The lowest BCUT2D eigenvalue weighted by Gasteiger charge is -2.45. The van der Waals surface area contributed by atoms with Crippen LogP contribution in [0, 0.1) is 11.3 Å². The van der Waals surface area contributed by atoms with Crippen molar-refractivity contribution in [2.24, 2.45) is 0 Å². The summed E-state index contributed by atoms with van der Waals surface area (Å²) in [5.41, 5.74) is 31.5. The van der Waals surface area contributed by atoms with Crippen molar-refractivity contribution in [2.75, 3.05) is 9.80 Å². The molecule has 8 heteroatoms. The van der Waals surface area contributed by atoms with E-state index in [4.69, 9.17) is 9.97 Å². The SMILES string of the molecule is CC(C)(C)c1cc(-c2cccc(-c3ccccc3)c2N2c3cc(-n4c5ccccc5c5cc(C#N)ccc54)ccc3B3c4ccc(-n5c6ccc(C(C)(C)C)cc6c6cc(C(C)(C)C)ccc65)cc4N(c4c(-c5ccccc5)cccc4-c4cc(C(C)(C)C)nc(C(C)(C)C)c4)c4cccc2c43)nc(C(C)(C)C)c1. The molecule has 0 N–H and O–H groups in total. The van der Waals surface area contributed by atoms with Gasteiger partial charge in [-0.05, 0) is 175 Å². The van der Waals surface area contributed by atoms with E-state index in [1.54, 1.807) is 0 Å². The third-order valence-corrected chi connectivity index (χ3v) is 22.9. The average molecular weight is 1420 g/mol. The first kappa shape index (κ1) is 70.5. The molecule has 4 aromatic heterocycles. The van der Waals surface area contributed by atoms with Gasteiger partial charge in [-0.3, -0.25) is 9.97 Å². The number of fused-ring (bicyclic) bond motifs is 10. The maximum absolute atomic E-state index is 10.4. The molecule has 2 aliphatic rings. The minimum atomic E-state index is -0.291. The smallest absolute Gasteiger partial charge is 0.252 e. The van der Waals surface area contributed by atoms with Crippen LogP contribution < -0.4 is 26.2 Å². The van der Waals surface area contributed by atoms with Gasteiger partial charge in [0, 0.05) is 111 Å². The van der Waals surface area contributed by atoms with Crippen LogP contribution in [0.5, 0.6) is 0 Å². The fraction of sp³-hybridized carbons (Fsp3) is 0.238. The third-order valence-electron chi connectivity index (χ3n) is 22.9. The highest BCUT2D eigenvalue weighted by Gasteiger charge is 2.46. The second-order valence-electron chi connectivity index (χ2n) is 36.7. The van der Waals surface area contributed by atoms with Crippen LogP contribution in [-0.4, -0.2) is 25.8 Å². The first-order valence-electron chi connectivity index (χ1n) is 38.8. The molecule has 0 amide bonds. The first-order chi connectivity index (χ1) is 51.8. The van der Waals surface area contributed by atoms with Crippen molar-refractivity contribution in [3.63, 3.8) is 0 Å². The average Bonchev–Trinajstić information content (AvgIpc) is 0.905. The summed E-state index contributed by atoms with van der Waals surface area (Å²) >= 11 is 0. The van der Waals surface area contributed by atoms with Crippen LogP contribution in [0.1, 0.15) is 164 Å². The van der Waals surface area contributed by atoms with Gasteiger partial charge >= 0.3 is 0 Å². The summed E-state index contributed by atoms with van der Waals surface area (Å²) in [6, 6.07) is 98.7. The van der Waals surface area contributed by atoms with Crippen LogP contribution in [0.3, 0.4) is 0 Å². The molecule has 0 spiro atoms. The molecular weight excluding hydrogens is 1320 g/mol. The Labute approximate surface area is 644 Å². The van der Waals surface area contributed by atoms with E-state index in [-0.39, 0.29) is 39.2 Å². The summed E-state index contributed by atoms with van der Waals surface area (Å²) in [4.78, 5) is 16.6. The van der Waals surface area contributed by atoms with Crippen molar-refractivity contribution in [3.05, 3.63) is 294 Å². The maximum atomic E-state index is 10.4. The van der Waals surface area contributed by atoms with Gasteiger partial charge in [-0.15, -0.1) is 0 Å². The zero-order chi connectivity index (χ0) is 76.3. The molecular formula is C101H96BN7. The van der Waals surface area contributed by atoms with Gasteiger partial charge in [0.2, 0.25) is 0 Å². The minimum Gasteiger partial charge on any atom is -0.310 e. The Morgan fingerprint density at radius 2 is 0.716 bits per heavy atom. The Hall–Kier alpha value is -11.5. The summed E-state index contributed by atoms with van der Waals surface area (Å²) < 4.78 is 4.95. The van der Waals surface area contributed by atoms with Gasteiger partial charge in [-0.1, -0.05) is 270 Å². The fourth-order valence-corrected chi connectivity index (χ4v) is 16.9. The Kier molecular flexibility index (Phi) is 16.3. The largest absolute Gasteiger partial charge is 0.310 e. The van der Waals surface area contributed by atoms with Crippen LogP contribution >= 0.6 is 0 Å². The third kappa shape index (κ3) is 11.9. The number of anilines is 6. The molecule has 7 nitrogen and oxygen atoms in total. The molecule has 0 unspecified atom stereocenters. The Bertz CT molecular complexity index is 6120. The molecule has 17 rings (SSSR count). The van der Waals surface area contributed by atoms with Crippen molar-refractivity contribution in [3.8, 4) is 62.1 Å². The number of hydrogen-bond donors (Lipinski definition) is 0.